The third kappa shape index (κ3) is 4.22. The van der Waals surface area contributed by atoms with E-state index < -0.39 is 10.8 Å². The molecule has 0 aliphatic heterocycles. The molecule has 1 atom stereocenters. The lowest BCUT2D eigenvalue weighted by atomic mass is 10.0. The molecule has 1 unspecified atom stereocenters. The number of allylic oxidation sites excluding steroid dienone is 2. The number of nitrogens with zero attached hydrogens (tertiary/aromatic N) is 1. The summed E-state index contributed by atoms with van der Waals surface area (Å²) >= 11 is 0. The second-order valence-electron chi connectivity index (χ2n) is 8.20. The second kappa shape index (κ2) is 8.83. The molecular formula is C27H22FN3O2S. The Morgan fingerprint density at radius 1 is 1.09 bits per heavy atom. The zero-order valence-corrected chi connectivity index (χ0v) is 19.5. The summed E-state index contributed by atoms with van der Waals surface area (Å²) in [5.74, 6) is -0.205. The van der Waals surface area contributed by atoms with E-state index in [-0.39, 0.29) is 18.1 Å². The lowest BCUT2D eigenvalue weighted by Crippen LogP contribution is -2.13. The molecule has 0 bridgehead atoms. The van der Waals surface area contributed by atoms with Crippen LogP contribution in [0.1, 0.15) is 30.0 Å². The first-order valence-corrected chi connectivity index (χ1v) is 12.3. The number of para-hydroxylation sites is 2. The van der Waals surface area contributed by atoms with Gasteiger partial charge in [0, 0.05) is 22.0 Å². The van der Waals surface area contributed by atoms with E-state index in [1.54, 1.807) is 12.3 Å². The summed E-state index contributed by atoms with van der Waals surface area (Å²) in [5, 5.41) is 2.82. The summed E-state index contributed by atoms with van der Waals surface area (Å²) in [5.41, 5.74) is 6.78. The van der Waals surface area contributed by atoms with Crippen molar-refractivity contribution in [2.75, 3.05) is 11.6 Å². The predicted octanol–water partition coefficient (Wildman–Crippen LogP) is 5.80. The average molecular weight is 472 g/mol. The van der Waals surface area contributed by atoms with Crippen molar-refractivity contribution in [3.63, 3.8) is 0 Å². The minimum atomic E-state index is -1.05. The Morgan fingerprint density at radius 2 is 1.85 bits per heavy atom. The number of imidazole rings is 1. The topological polar surface area (TPSA) is 74.8 Å². The van der Waals surface area contributed by atoms with Gasteiger partial charge in [0.05, 0.1) is 17.5 Å². The normalized spacial score (nSPS) is 15.1. The summed E-state index contributed by atoms with van der Waals surface area (Å²) in [7, 11) is -1.05. The number of halogens is 1. The third-order valence-corrected chi connectivity index (χ3v) is 6.90. The number of hydrogen-bond acceptors (Lipinski definition) is 3. The van der Waals surface area contributed by atoms with Gasteiger partial charge in [-0.25, -0.2) is 9.37 Å². The van der Waals surface area contributed by atoms with Gasteiger partial charge in [-0.2, -0.15) is 0 Å². The molecule has 7 heteroatoms. The van der Waals surface area contributed by atoms with Crippen molar-refractivity contribution >= 4 is 50.9 Å². The van der Waals surface area contributed by atoms with Gasteiger partial charge in [-0.15, -0.1) is 0 Å². The van der Waals surface area contributed by atoms with Crippen LogP contribution in [0.5, 0.6) is 0 Å². The molecule has 0 spiro atoms. The maximum atomic E-state index is 14.2. The molecule has 0 fully saturated rings. The van der Waals surface area contributed by atoms with Crippen LogP contribution >= 0.6 is 0 Å². The van der Waals surface area contributed by atoms with Crippen molar-refractivity contribution in [2.24, 2.45) is 0 Å². The minimum Gasteiger partial charge on any atom is -0.324 e. The number of H-pyrrole nitrogens is 1. The maximum Gasteiger partial charge on any atom is 0.231 e. The van der Waals surface area contributed by atoms with Crippen LogP contribution in [0, 0.1) is 5.82 Å². The highest BCUT2D eigenvalue weighted by molar-refractivity contribution is 7.84. The van der Waals surface area contributed by atoms with E-state index in [2.05, 4.69) is 15.3 Å². The summed E-state index contributed by atoms with van der Waals surface area (Å²) in [4.78, 5) is 21.2. The zero-order valence-electron chi connectivity index (χ0n) is 18.7. The highest BCUT2D eigenvalue weighted by atomic mass is 32.2. The van der Waals surface area contributed by atoms with Crippen LogP contribution in [-0.2, 0) is 15.6 Å². The molecule has 0 saturated heterocycles. The molecule has 0 saturated carbocycles. The smallest absolute Gasteiger partial charge is 0.231 e. The van der Waals surface area contributed by atoms with E-state index in [4.69, 9.17) is 0 Å². The van der Waals surface area contributed by atoms with Crippen molar-refractivity contribution < 1.29 is 13.4 Å². The highest BCUT2D eigenvalue weighted by Crippen LogP contribution is 2.44. The first-order valence-electron chi connectivity index (χ1n) is 10.8. The molecule has 1 aromatic heterocycles. The van der Waals surface area contributed by atoms with Crippen LogP contribution in [0.3, 0.4) is 0 Å². The first kappa shape index (κ1) is 22.0. The Kier molecular flexibility index (Phi) is 5.71. The van der Waals surface area contributed by atoms with E-state index in [9.17, 15) is 13.4 Å². The molecule has 34 heavy (non-hydrogen) atoms. The van der Waals surface area contributed by atoms with Gasteiger partial charge < -0.3 is 4.98 Å². The fourth-order valence-electron chi connectivity index (χ4n) is 4.25. The number of nitrogens with one attached hydrogen (secondary N) is 2. The summed E-state index contributed by atoms with van der Waals surface area (Å²) in [6, 6.07) is 19.7. The van der Waals surface area contributed by atoms with Gasteiger partial charge in [0.25, 0.3) is 0 Å². The predicted molar refractivity (Wildman–Crippen MR) is 135 cm³/mol. The summed E-state index contributed by atoms with van der Waals surface area (Å²) in [6.45, 7) is 1.95. The number of benzene rings is 3. The molecule has 3 aromatic carbocycles. The third-order valence-electron chi connectivity index (χ3n) is 5.96. The van der Waals surface area contributed by atoms with Gasteiger partial charge in [-0.1, -0.05) is 30.3 Å². The minimum absolute atomic E-state index is 0.0877. The number of aromatic amines is 1. The lowest BCUT2D eigenvalue weighted by molar-refractivity contribution is -0.115. The number of hydrogen-bond donors (Lipinski definition) is 2. The number of aromatic nitrogens is 2. The van der Waals surface area contributed by atoms with E-state index in [0.29, 0.717) is 5.95 Å². The molecule has 2 N–H and O–H groups in total. The maximum absolute atomic E-state index is 14.2. The molecule has 170 valence electrons. The zero-order chi connectivity index (χ0) is 23.8. The van der Waals surface area contributed by atoms with E-state index >= 15 is 0 Å². The van der Waals surface area contributed by atoms with E-state index in [0.717, 1.165) is 49.3 Å². The first-order chi connectivity index (χ1) is 16.4. The molecular weight excluding hydrogens is 449 g/mol. The van der Waals surface area contributed by atoms with Gasteiger partial charge in [-0.05, 0) is 82.8 Å². The standard InChI is InChI=1S/C27H22FN3O2S/c1-16-21(13-17-7-10-19(11-8-17)34(2)33)20-12-9-18(28)14-23(20)22(16)15-26(32)31-27-29-24-5-3-4-6-25(24)30-27/h3-14H,15H2,1-2H3,(H2,29,30,31,32)/b21-13+. The quantitative estimate of drug-likeness (QED) is 0.387. The monoisotopic (exact) mass is 471 g/mol. The largest absolute Gasteiger partial charge is 0.324 e. The van der Waals surface area contributed by atoms with Crippen molar-refractivity contribution in [1.82, 2.24) is 9.97 Å². The van der Waals surface area contributed by atoms with Crippen LogP contribution < -0.4 is 5.32 Å². The molecule has 5 rings (SSSR count). The number of carbonyl (C=O) groups excluding carboxylic acids is 1. The van der Waals surface area contributed by atoms with Crippen LogP contribution in [0.25, 0.3) is 28.3 Å². The van der Waals surface area contributed by atoms with Crippen molar-refractivity contribution in [3.8, 4) is 0 Å². The Balaban J connectivity index is 1.46. The van der Waals surface area contributed by atoms with Crippen LogP contribution in [0.2, 0.25) is 0 Å². The SMILES string of the molecule is CC1=C(CC(=O)Nc2nc3ccccc3[nH]2)c2cc(F)ccc2/C1=C/c1ccc(S(C)=O)cc1. The molecule has 1 amide bonds. The van der Waals surface area contributed by atoms with E-state index in [1.807, 2.05) is 61.5 Å². The van der Waals surface area contributed by atoms with Gasteiger partial charge in [0.1, 0.15) is 5.82 Å². The highest BCUT2D eigenvalue weighted by Gasteiger charge is 2.26. The van der Waals surface area contributed by atoms with Gasteiger partial charge in [0.15, 0.2) is 0 Å². The Bertz CT molecular complexity index is 1480. The number of rotatable bonds is 5. The average Bonchev–Trinajstić information content (AvgIpc) is 3.33. The van der Waals surface area contributed by atoms with Gasteiger partial charge in [0.2, 0.25) is 11.9 Å². The van der Waals surface area contributed by atoms with Crippen LogP contribution in [-0.4, -0.2) is 26.3 Å². The van der Waals surface area contributed by atoms with Gasteiger partial charge in [-0.3, -0.25) is 14.3 Å². The fraction of sp³-hybridized carbons (Fsp3) is 0.111. The van der Waals surface area contributed by atoms with Crippen molar-refractivity contribution in [3.05, 3.63) is 94.8 Å². The molecule has 4 aromatic rings. The number of fused-ring (bicyclic) bond motifs is 2. The van der Waals surface area contributed by atoms with Gasteiger partial charge >= 0.3 is 0 Å². The Labute approximate surface area is 198 Å². The second-order valence-corrected chi connectivity index (χ2v) is 9.58. The number of anilines is 1. The number of carbonyl (C=O) groups is 1. The van der Waals surface area contributed by atoms with Crippen LogP contribution in [0.15, 0.2) is 77.2 Å². The van der Waals surface area contributed by atoms with Crippen molar-refractivity contribution in [2.45, 2.75) is 18.2 Å². The Hall–Kier alpha value is -3.84. The Morgan fingerprint density at radius 3 is 2.59 bits per heavy atom. The molecule has 1 heterocycles. The fourth-order valence-corrected chi connectivity index (χ4v) is 4.77. The van der Waals surface area contributed by atoms with Crippen LogP contribution in [0.4, 0.5) is 10.3 Å². The molecule has 5 nitrogen and oxygen atoms in total. The summed E-state index contributed by atoms with van der Waals surface area (Å²) < 4.78 is 25.8. The molecule has 0 radical (unpaired) electrons. The van der Waals surface area contributed by atoms with E-state index in [1.165, 1.54) is 12.1 Å². The summed E-state index contributed by atoms with van der Waals surface area (Å²) in [6.07, 6.45) is 3.74. The van der Waals surface area contributed by atoms with Crippen molar-refractivity contribution in [1.29, 1.82) is 0 Å². The number of amides is 1. The molecule has 1 aliphatic rings. The lowest BCUT2D eigenvalue weighted by Gasteiger charge is -2.06. The molecule has 1 aliphatic carbocycles.